The number of carbonyl (C=O) groups is 2. The Morgan fingerprint density at radius 3 is 2.48 bits per heavy atom. The summed E-state index contributed by atoms with van der Waals surface area (Å²) >= 11 is 0. The van der Waals surface area contributed by atoms with E-state index in [9.17, 15) is 9.59 Å². The molecule has 0 unspecified atom stereocenters. The fourth-order valence-corrected chi connectivity index (χ4v) is 2.79. The SMILES string of the molecule is COc1ccc(Cn2nc(C(=O)CC#N)cc2C(=O)NCc2ccccc2)cc1. The molecule has 0 aliphatic rings. The van der Waals surface area contributed by atoms with E-state index >= 15 is 0 Å². The molecule has 0 aliphatic heterocycles. The topological polar surface area (TPSA) is 97.0 Å². The zero-order valence-corrected chi connectivity index (χ0v) is 16.0. The molecule has 0 saturated heterocycles. The Kier molecular flexibility index (Phi) is 6.38. The van der Waals surface area contributed by atoms with Crippen molar-refractivity contribution in [1.82, 2.24) is 15.1 Å². The molecule has 0 bridgehead atoms. The Morgan fingerprint density at radius 1 is 1.10 bits per heavy atom. The highest BCUT2D eigenvalue weighted by Gasteiger charge is 2.19. The summed E-state index contributed by atoms with van der Waals surface area (Å²) < 4.78 is 6.63. The molecule has 3 rings (SSSR count). The van der Waals surface area contributed by atoms with E-state index in [1.54, 1.807) is 7.11 Å². The Hall–Kier alpha value is -3.92. The van der Waals surface area contributed by atoms with E-state index in [4.69, 9.17) is 10.00 Å². The van der Waals surface area contributed by atoms with Gasteiger partial charge in [0.15, 0.2) is 5.78 Å². The summed E-state index contributed by atoms with van der Waals surface area (Å²) in [5.74, 6) is -0.0381. The predicted molar refractivity (Wildman–Crippen MR) is 106 cm³/mol. The quantitative estimate of drug-likeness (QED) is 0.599. The molecule has 0 saturated carbocycles. The van der Waals surface area contributed by atoms with Gasteiger partial charge in [0.1, 0.15) is 23.6 Å². The molecule has 1 amide bonds. The number of hydrogen-bond acceptors (Lipinski definition) is 5. The first kappa shape index (κ1) is 19.8. The molecule has 1 aromatic heterocycles. The first-order valence-electron chi connectivity index (χ1n) is 9.03. The zero-order chi connectivity index (χ0) is 20.6. The maximum atomic E-state index is 12.8. The van der Waals surface area contributed by atoms with Gasteiger partial charge in [0.05, 0.1) is 19.7 Å². The first-order chi connectivity index (χ1) is 14.1. The summed E-state index contributed by atoms with van der Waals surface area (Å²) in [5.41, 5.74) is 2.22. The highest BCUT2D eigenvalue weighted by Crippen LogP contribution is 2.15. The fraction of sp³-hybridized carbons (Fsp3) is 0.182. The van der Waals surface area contributed by atoms with Gasteiger partial charge in [-0.2, -0.15) is 10.4 Å². The van der Waals surface area contributed by atoms with Gasteiger partial charge in [0, 0.05) is 12.6 Å². The summed E-state index contributed by atoms with van der Waals surface area (Å²) in [4.78, 5) is 24.9. The summed E-state index contributed by atoms with van der Waals surface area (Å²) in [5, 5.41) is 15.9. The number of ether oxygens (including phenoxy) is 1. The van der Waals surface area contributed by atoms with Crippen LogP contribution in [0.2, 0.25) is 0 Å². The number of nitrogens with one attached hydrogen (secondary N) is 1. The fourth-order valence-electron chi connectivity index (χ4n) is 2.79. The van der Waals surface area contributed by atoms with E-state index in [1.165, 1.54) is 10.7 Å². The van der Waals surface area contributed by atoms with Crippen LogP contribution in [0.15, 0.2) is 60.7 Å². The predicted octanol–water partition coefficient (Wildman–Crippen LogP) is 2.97. The molecule has 0 radical (unpaired) electrons. The smallest absolute Gasteiger partial charge is 0.269 e. The summed E-state index contributed by atoms with van der Waals surface area (Å²) in [6.07, 6.45) is -0.287. The van der Waals surface area contributed by atoms with Gasteiger partial charge in [-0.1, -0.05) is 42.5 Å². The normalized spacial score (nSPS) is 10.2. The number of aromatic nitrogens is 2. The van der Waals surface area contributed by atoms with Gasteiger partial charge in [-0.05, 0) is 23.3 Å². The Balaban J connectivity index is 1.83. The molecule has 29 heavy (non-hydrogen) atoms. The minimum absolute atomic E-state index is 0.102. The van der Waals surface area contributed by atoms with Gasteiger partial charge in [-0.25, -0.2) is 0 Å². The maximum absolute atomic E-state index is 12.8. The van der Waals surface area contributed by atoms with Crippen LogP contribution in [-0.2, 0) is 13.1 Å². The van der Waals surface area contributed by atoms with E-state index in [0.29, 0.717) is 13.1 Å². The second-order valence-corrected chi connectivity index (χ2v) is 6.35. The van der Waals surface area contributed by atoms with Crippen LogP contribution < -0.4 is 10.1 Å². The van der Waals surface area contributed by atoms with E-state index in [1.807, 2.05) is 60.7 Å². The molecule has 3 aromatic rings. The van der Waals surface area contributed by atoms with Gasteiger partial charge < -0.3 is 10.1 Å². The average molecular weight is 388 g/mol. The molecule has 0 aliphatic carbocycles. The number of methoxy groups -OCH3 is 1. The van der Waals surface area contributed by atoms with Crippen molar-refractivity contribution in [3.63, 3.8) is 0 Å². The lowest BCUT2D eigenvalue weighted by Gasteiger charge is -2.09. The lowest BCUT2D eigenvalue weighted by Crippen LogP contribution is -2.26. The molecule has 0 atom stereocenters. The Labute approximate surface area is 168 Å². The summed E-state index contributed by atoms with van der Waals surface area (Å²) in [6, 6.07) is 20.1. The maximum Gasteiger partial charge on any atom is 0.269 e. The molecule has 7 nitrogen and oxygen atoms in total. The van der Waals surface area contributed by atoms with Gasteiger partial charge in [0.2, 0.25) is 0 Å². The van der Waals surface area contributed by atoms with Crippen molar-refractivity contribution in [3.8, 4) is 11.8 Å². The Bertz CT molecular complexity index is 1030. The van der Waals surface area contributed by atoms with Crippen LogP contribution in [0.5, 0.6) is 5.75 Å². The monoisotopic (exact) mass is 388 g/mol. The van der Waals surface area contributed by atoms with Crippen molar-refractivity contribution in [2.24, 2.45) is 0 Å². The lowest BCUT2D eigenvalue weighted by molar-refractivity contribution is 0.0939. The molecular formula is C22H20N4O3. The minimum atomic E-state index is -0.418. The summed E-state index contributed by atoms with van der Waals surface area (Å²) in [7, 11) is 1.59. The highest BCUT2D eigenvalue weighted by molar-refractivity contribution is 5.99. The summed E-state index contributed by atoms with van der Waals surface area (Å²) in [6.45, 7) is 0.660. The van der Waals surface area contributed by atoms with Crippen LogP contribution in [0, 0.1) is 11.3 Å². The number of nitrogens with zero attached hydrogens (tertiary/aromatic N) is 3. The van der Waals surface area contributed by atoms with Crippen molar-refractivity contribution in [2.75, 3.05) is 7.11 Å². The van der Waals surface area contributed by atoms with Crippen molar-refractivity contribution in [3.05, 3.63) is 83.2 Å². The van der Waals surface area contributed by atoms with Crippen LogP contribution in [0.4, 0.5) is 0 Å². The molecule has 7 heteroatoms. The second kappa shape index (κ2) is 9.33. The van der Waals surface area contributed by atoms with E-state index in [2.05, 4.69) is 10.4 Å². The molecule has 2 aromatic carbocycles. The van der Waals surface area contributed by atoms with Crippen LogP contribution >= 0.6 is 0 Å². The molecule has 1 heterocycles. The van der Waals surface area contributed by atoms with Crippen LogP contribution in [0.25, 0.3) is 0 Å². The lowest BCUT2D eigenvalue weighted by atomic mass is 10.2. The molecule has 146 valence electrons. The van der Waals surface area contributed by atoms with Crippen LogP contribution in [0.1, 0.15) is 38.5 Å². The second-order valence-electron chi connectivity index (χ2n) is 6.35. The first-order valence-corrected chi connectivity index (χ1v) is 9.03. The molecule has 1 N–H and O–H groups in total. The number of hydrogen-bond donors (Lipinski definition) is 1. The minimum Gasteiger partial charge on any atom is -0.497 e. The highest BCUT2D eigenvalue weighted by atomic mass is 16.5. The van der Waals surface area contributed by atoms with Gasteiger partial charge in [-0.3, -0.25) is 14.3 Å². The van der Waals surface area contributed by atoms with Gasteiger partial charge in [-0.15, -0.1) is 0 Å². The number of carbonyl (C=O) groups excluding carboxylic acids is 2. The number of Topliss-reactive ketones (excluding diaryl/α,β-unsaturated/α-hetero) is 1. The number of nitriles is 1. The number of rotatable bonds is 8. The van der Waals surface area contributed by atoms with Gasteiger partial charge in [0.25, 0.3) is 5.91 Å². The number of amides is 1. The van der Waals surface area contributed by atoms with E-state index in [-0.39, 0.29) is 23.7 Å². The molecule has 0 fully saturated rings. The van der Waals surface area contributed by atoms with Crippen molar-refractivity contribution >= 4 is 11.7 Å². The Morgan fingerprint density at radius 2 is 1.83 bits per heavy atom. The van der Waals surface area contributed by atoms with Crippen molar-refractivity contribution in [1.29, 1.82) is 5.26 Å². The number of ketones is 1. The van der Waals surface area contributed by atoms with E-state index in [0.717, 1.165) is 16.9 Å². The van der Waals surface area contributed by atoms with Crippen molar-refractivity contribution in [2.45, 2.75) is 19.5 Å². The zero-order valence-electron chi connectivity index (χ0n) is 16.0. The van der Waals surface area contributed by atoms with Crippen molar-refractivity contribution < 1.29 is 14.3 Å². The third-order valence-electron chi connectivity index (χ3n) is 4.33. The van der Waals surface area contributed by atoms with E-state index < -0.39 is 5.78 Å². The van der Waals surface area contributed by atoms with Crippen LogP contribution in [0.3, 0.4) is 0 Å². The number of benzene rings is 2. The third kappa shape index (κ3) is 5.08. The average Bonchev–Trinajstić information content (AvgIpc) is 3.17. The standard InChI is InChI=1S/C22H20N4O3/c1-29-18-9-7-17(8-10-18)15-26-20(13-19(25-26)21(27)11-12-23)22(28)24-14-16-5-3-2-4-6-16/h2-10,13H,11,14-15H2,1H3,(H,24,28). The molecular weight excluding hydrogens is 368 g/mol. The van der Waals surface area contributed by atoms with Gasteiger partial charge >= 0.3 is 0 Å². The largest absolute Gasteiger partial charge is 0.497 e. The van der Waals surface area contributed by atoms with Crippen LogP contribution in [-0.4, -0.2) is 28.6 Å². The molecule has 0 spiro atoms. The third-order valence-corrected chi connectivity index (χ3v) is 4.33.